The van der Waals surface area contributed by atoms with Gasteiger partial charge in [0.05, 0.1) is 23.3 Å². The van der Waals surface area contributed by atoms with Crippen LogP contribution in [-0.2, 0) is 4.79 Å². The van der Waals surface area contributed by atoms with Crippen molar-refractivity contribution in [2.75, 3.05) is 13.2 Å². The maximum atomic E-state index is 11.5. The first-order valence-electron chi connectivity index (χ1n) is 7.14. The van der Waals surface area contributed by atoms with E-state index < -0.39 is 5.97 Å². The van der Waals surface area contributed by atoms with E-state index in [1.54, 1.807) is 18.2 Å². The van der Waals surface area contributed by atoms with E-state index in [2.05, 4.69) is 15.9 Å². The first kappa shape index (κ1) is 17.6. The molecule has 0 aliphatic carbocycles. The van der Waals surface area contributed by atoms with E-state index in [9.17, 15) is 9.90 Å². The molecule has 0 saturated carbocycles. The molecule has 0 bridgehead atoms. The third-order valence-electron chi connectivity index (χ3n) is 2.95. The predicted octanol–water partition coefficient (Wildman–Crippen LogP) is 4.93. The molecule has 1 aromatic carbocycles. The van der Waals surface area contributed by atoms with Gasteiger partial charge in [-0.3, -0.25) is 0 Å². The number of carboxylic acid groups (broad SMARTS) is 1. The van der Waals surface area contributed by atoms with E-state index >= 15 is 0 Å². The largest absolute Gasteiger partial charge is 0.490 e. The molecule has 0 fully saturated rings. The molecule has 0 aliphatic heterocycles. The van der Waals surface area contributed by atoms with Gasteiger partial charge in [-0.05, 0) is 65.0 Å². The number of hydrogen-bond acceptors (Lipinski definition) is 4. The quantitative estimate of drug-likeness (QED) is 0.673. The molecule has 1 N–H and O–H groups in total. The van der Waals surface area contributed by atoms with Crippen molar-refractivity contribution in [2.24, 2.45) is 0 Å². The van der Waals surface area contributed by atoms with Crippen molar-refractivity contribution < 1.29 is 19.4 Å². The summed E-state index contributed by atoms with van der Waals surface area (Å²) in [6.45, 7) is 4.80. The highest BCUT2D eigenvalue weighted by Gasteiger charge is 2.15. The van der Waals surface area contributed by atoms with Crippen LogP contribution in [0.3, 0.4) is 0 Å². The topological polar surface area (TPSA) is 55.8 Å². The lowest BCUT2D eigenvalue weighted by Crippen LogP contribution is -2.01. The molecule has 0 spiro atoms. The zero-order valence-electron chi connectivity index (χ0n) is 12.8. The Hall–Kier alpha value is -1.79. The van der Waals surface area contributed by atoms with Gasteiger partial charge in [0.2, 0.25) is 0 Å². The van der Waals surface area contributed by atoms with E-state index in [4.69, 9.17) is 9.47 Å². The predicted molar refractivity (Wildman–Crippen MR) is 96.3 cm³/mol. The van der Waals surface area contributed by atoms with E-state index in [-0.39, 0.29) is 5.57 Å². The Kier molecular flexibility index (Phi) is 6.24. The molecular formula is C17H17BrO4S. The van der Waals surface area contributed by atoms with Crippen molar-refractivity contribution in [3.63, 3.8) is 0 Å². The molecule has 0 saturated heterocycles. The van der Waals surface area contributed by atoms with Crippen LogP contribution in [-0.4, -0.2) is 24.3 Å². The summed E-state index contributed by atoms with van der Waals surface area (Å²) in [5.41, 5.74) is 0.980. The van der Waals surface area contributed by atoms with Gasteiger partial charge in [0, 0.05) is 4.88 Å². The number of halogens is 1. The fraction of sp³-hybridized carbons (Fsp3) is 0.235. The minimum Gasteiger partial charge on any atom is -0.490 e. The third kappa shape index (κ3) is 4.36. The second kappa shape index (κ2) is 8.17. The number of benzene rings is 1. The SMILES string of the molecule is CCOc1cc(/C=C(\C(=O)O)c2cccs2)cc(Br)c1OCC. The van der Waals surface area contributed by atoms with Crippen molar-refractivity contribution in [3.8, 4) is 11.5 Å². The van der Waals surface area contributed by atoms with Gasteiger partial charge >= 0.3 is 5.97 Å². The average molecular weight is 397 g/mol. The molecule has 0 radical (unpaired) electrons. The highest BCUT2D eigenvalue weighted by Crippen LogP contribution is 2.38. The van der Waals surface area contributed by atoms with Crippen molar-refractivity contribution in [1.82, 2.24) is 0 Å². The van der Waals surface area contributed by atoms with E-state index in [0.29, 0.717) is 29.6 Å². The van der Waals surface area contributed by atoms with Crippen LogP contribution in [0.1, 0.15) is 24.3 Å². The molecule has 1 aromatic heterocycles. The van der Waals surface area contributed by atoms with Gasteiger partial charge in [-0.1, -0.05) is 6.07 Å². The van der Waals surface area contributed by atoms with Crippen LogP contribution in [0.2, 0.25) is 0 Å². The summed E-state index contributed by atoms with van der Waals surface area (Å²) in [7, 11) is 0. The Morgan fingerprint density at radius 2 is 2.04 bits per heavy atom. The summed E-state index contributed by atoms with van der Waals surface area (Å²) >= 11 is 4.86. The molecule has 23 heavy (non-hydrogen) atoms. The van der Waals surface area contributed by atoms with Crippen LogP contribution < -0.4 is 9.47 Å². The van der Waals surface area contributed by atoms with Gasteiger partial charge in [-0.2, -0.15) is 0 Å². The summed E-state index contributed by atoms with van der Waals surface area (Å²) in [6.07, 6.45) is 1.64. The van der Waals surface area contributed by atoms with E-state index in [1.807, 2.05) is 31.4 Å². The minimum atomic E-state index is -0.963. The lowest BCUT2D eigenvalue weighted by Gasteiger charge is -2.13. The standard InChI is InChI=1S/C17H17BrO4S/c1-3-21-14-10-11(9-13(18)16(14)22-4-2)8-12(17(19)20)15-6-5-7-23-15/h5-10H,3-4H2,1-2H3,(H,19,20)/b12-8-. The Labute approximate surface area is 147 Å². The molecule has 0 unspecified atom stereocenters. The van der Waals surface area contributed by atoms with Gasteiger partial charge in [0.25, 0.3) is 0 Å². The lowest BCUT2D eigenvalue weighted by atomic mass is 10.1. The Morgan fingerprint density at radius 1 is 1.30 bits per heavy atom. The second-order valence-corrected chi connectivity index (χ2v) is 6.34. The molecule has 0 aliphatic rings. The summed E-state index contributed by atoms with van der Waals surface area (Å²) in [5, 5.41) is 11.3. The molecule has 122 valence electrons. The summed E-state index contributed by atoms with van der Waals surface area (Å²) in [4.78, 5) is 12.2. The summed E-state index contributed by atoms with van der Waals surface area (Å²) in [5.74, 6) is 0.251. The zero-order chi connectivity index (χ0) is 16.8. The first-order chi connectivity index (χ1) is 11.1. The van der Waals surface area contributed by atoms with Crippen molar-refractivity contribution in [2.45, 2.75) is 13.8 Å². The monoisotopic (exact) mass is 396 g/mol. The summed E-state index contributed by atoms with van der Waals surface area (Å²) in [6, 6.07) is 7.23. The lowest BCUT2D eigenvalue weighted by molar-refractivity contribution is -0.130. The number of rotatable bonds is 7. The maximum Gasteiger partial charge on any atom is 0.337 e. The third-order valence-corrected chi connectivity index (χ3v) is 4.44. The van der Waals surface area contributed by atoms with Crippen LogP contribution >= 0.6 is 27.3 Å². The van der Waals surface area contributed by atoms with Gasteiger partial charge in [0.1, 0.15) is 0 Å². The Balaban J connectivity index is 2.50. The van der Waals surface area contributed by atoms with Crippen molar-refractivity contribution in [1.29, 1.82) is 0 Å². The molecule has 2 aromatic rings. The maximum absolute atomic E-state index is 11.5. The molecule has 4 nitrogen and oxygen atoms in total. The zero-order valence-corrected chi connectivity index (χ0v) is 15.2. The highest BCUT2D eigenvalue weighted by molar-refractivity contribution is 9.10. The molecular weight excluding hydrogens is 380 g/mol. The van der Waals surface area contributed by atoms with E-state index in [0.717, 1.165) is 10.0 Å². The number of ether oxygens (including phenoxy) is 2. The van der Waals surface area contributed by atoms with Crippen LogP contribution in [0.25, 0.3) is 11.6 Å². The van der Waals surface area contributed by atoms with Crippen molar-refractivity contribution >= 4 is 44.9 Å². The van der Waals surface area contributed by atoms with Crippen LogP contribution in [0, 0.1) is 0 Å². The molecule has 6 heteroatoms. The second-order valence-electron chi connectivity index (χ2n) is 4.54. The number of aliphatic carboxylic acids is 1. The van der Waals surface area contributed by atoms with Gasteiger partial charge < -0.3 is 14.6 Å². The average Bonchev–Trinajstić information content (AvgIpc) is 3.02. The highest BCUT2D eigenvalue weighted by atomic mass is 79.9. The van der Waals surface area contributed by atoms with Crippen LogP contribution in [0.5, 0.6) is 11.5 Å². The van der Waals surface area contributed by atoms with Crippen LogP contribution in [0.15, 0.2) is 34.1 Å². The van der Waals surface area contributed by atoms with E-state index in [1.165, 1.54) is 11.3 Å². The molecule has 0 amide bonds. The first-order valence-corrected chi connectivity index (χ1v) is 8.82. The summed E-state index contributed by atoms with van der Waals surface area (Å²) < 4.78 is 11.9. The Bertz CT molecular complexity index is 708. The molecule has 2 rings (SSSR count). The van der Waals surface area contributed by atoms with Gasteiger partial charge in [0.15, 0.2) is 11.5 Å². The minimum absolute atomic E-state index is 0.249. The normalized spacial score (nSPS) is 11.3. The van der Waals surface area contributed by atoms with Gasteiger partial charge in [-0.15, -0.1) is 11.3 Å². The smallest absolute Gasteiger partial charge is 0.337 e. The Morgan fingerprint density at radius 3 is 2.61 bits per heavy atom. The fourth-order valence-corrected chi connectivity index (χ4v) is 3.36. The van der Waals surface area contributed by atoms with Gasteiger partial charge in [-0.25, -0.2) is 4.79 Å². The number of thiophene rings is 1. The number of hydrogen-bond donors (Lipinski definition) is 1. The number of carboxylic acids is 1. The number of carbonyl (C=O) groups is 1. The van der Waals surface area contributed by atoms with Crippen molar-refractivity contribution in [3.05, 3.63) is 44.6 Å². The fourth-order valence-electron chi connectivity index (χ4n) is 2.06. The molecule has 1 heterocycles. The van der Waals surface area contributed by atoms with Crippen LogP contribution in [0.4, 0.5) is 0 Å². The molecule has 0 atom stereocenters.